The van der Waals surface area contributed by atoms with Crippen molar-refractivity contribution in [3.63, 3.8) is 0 Å². The van der Waals surface area contributed by atoms with Gasteiger partial charge in [0.15, 0.2) is 5.78 Å². The summed E-state index contributed by atoms with van der Waals surface area (Å²) >= 11 is 0. The molecule has 0 aliphatic heterocycles. The Labute approximate surface area is 385 Å². The molecule has 2 atom stereocenters. The van der Waals surface area contributed by atoms with Gasteiger partial charge in [0.2, 0.25) is 11.8 Å². The predicted molar refractivity (Wildman–Crippen MR) is 248 cm³/mol. The molecular weight excluding hydrogens is 821 g/mol. The number of nitrogens with zero attached hydrogens (tertiary/aromatic N) is 2. The van der Waals surface area contributed by atoms with Crippen LogP contribution in [0.15, 0.2) is 0 Å². The minimum Gasteiger partial charge on any atom is -0.464 e. The first kappa shape index (κ1) is 58.4. The molecule has 1 aliphatic rings. The Hall–Kier alpha value is -3.59. The van der Waals surface area contributed by atoms with Crippen LogP contribution in [0.4, 0.5) is 0 Å². The summed E-state index contributed by atoms with van der Waals surface area (Å²) in [7, 11) is 0. The molecule has 0 aromatic heterocycles. The van der Waals surface area contributed by atoms with Crippen LogP contribution < -0.4 is 10.6 Å². The van der Waals surface area contributed by atoms with Gasteiger partial charge < -0.3 is 29.6 Å². The number of amides is 2. The molecule has 15 nitrogen and oxygen atoms in total. The fourth-order valence-electron chi connectivity index (χ4n) is 7.33. The number of ether oxygens (including phenoxy) is 4. The molecule has 0 spiro atoms. The van der Waals surface area contributed by atoms with Crippen molar-refractivity contribution in [2.75, 3.05) is 65.7 Å². The van der Waals surface area contributed by atoms with Gasteiger partial charge in [0.05, 0.1) is 64.7 Å². The van der Waals surface area contributed by atoms with Gasteiger partial charge in [-0.1, -0.05) is 107 Å². The van der Waals surface area contributed by atoms with Crippen LogP contribution in [0.25, 0.3) is 0 Å². The topological polar surface area (TPSA) is 187 Å². The molecule has 1 saturated carbocycles. The summed E-state index contributed by atoms with van der Waals surface area (Å²) in [5, 5.41) is 6.04. The molecule has 2 amide bonds. The molecule has 0 aromatic rings. The fourth-order valence-corrected chi connectivity index (χ4v) is 7.33. The lowest BCUT2D eigenvalue weighted by Crippen LogP contribution is -2.54. The van der Waals surface area contributed by atoms with Gasteiger partial charge in [0, 0.05) is 18.9 Å². The van der Waals surface area contributed by atoms with E-state index in [0.717, 1.165) is 57.8 Å². The van der Waals surface area contributed by atoms with Crippen molar-refractivity contribution in [1.82, 2.24) is 20.4 Å². The zero-order valence-corrected chi connectivity index (χ0v) is 41.3. The fraction of sp³-hybridized carbons (Fsp3) is 0.857. The Bertz CT molecular complexity index is 1310. The first-order valence-electron chi connectivity index (χ1n) is 24.6. The van der Waals surface area contributed by atoms with Crippen LogP contribution in [0, 0.1) is 29.6 Å². The lowest BCUT2D eigenvalue weighted by molar-refractivity contribution is -0.153. The second-order valence-electron chi connectivity index (χ2n) is 19.4. The lowest BCUT2D eigenvalue weighted by Gasteiger charge is -2.32. The number of hydrogen-bond donors (Lipinski definition) is 2. The monoisotopic (exact) mass is 909 g/mol. The Morgan fingerprint density at radius 1 is 0.562 bits per heavy atom. The van der Waals surface area contributed by atoms with E-state index < -0.39 is 41.9 Å². The first-order chi connectivity index (χ1) is 30.4. The maximum absolute atomic E-state index is 14.8. The second-order valence-corrected chi connectivity index (χ2v) is 19.4. The Morgan fingerprint density at radius 2 is 1.00 bits per heavy atom. The van der Waals surface area contributed by atoms with Gasteiger partial charge in [0.1, 0.15) is 0 Å². The average molecular weight is 909 g/mol. The van der Waals surface area contributed by atoms with Crippen LogP contribution in [0.1, 0.15) is 165 Å². The predicted octanol–water partition coefficient (Wildman–Crippen LogP) is 6.82. The summed E-state index contributed by atoms with van der Waals surface area (Å²) in [5.74, 6) is -2.45. The van der Waals surface area contributed by atoms with Crippen LogP contribution in [0.3, 0.4) is 0 Å². The molecule has 370 valence electrons. The summed E-state index contributed by atoms with van der Waals surface area (Å²) in [4.78, 5) is 96.8. The van der Waals surface area contributed by atoms with Gasteiger partial charge >= 0.3 is 23.9 Å². The minimum atomic E-state index is -1.04. The lowest BCUT2D eigenvalue weighted by atomic mass is 9.87. The van der Waals surface area contributed by atoms with Crippen molar-refractivity contribution in [3.8, 4) is 0 Å². The molecule has 0 aromatic carbocycles. The Balaban J connectivity index is 3.52. The van der Waals surface area contributed by atoms with E-state index in [4.69, 9.17) is 18.9 Å². The van der Waals surface area contributed by atoms with E-state index in [-0.39, 0.29) is 100 Å². The molecule has 15 heteroatoms. The van der Waals surface area contributed by atoms with E-state index >= 15 is 0 Å². The molecule has 0 unspecified atom stereocenters. The van der Waals surface area contributed by atoms with Gasteiger partial charge in [-0.05, 0) is 81.6 Å². The summed E-state index contributed by atoms with van der Waals surface area (Å²) in [5.41, 5.74) is 0. The number of Topliss-reactive ketones (excluding diaryl/α,β-unsaturated/α-hetero) is 1. The zero-order chi connectivity index (χ0) is 47.9. The van der Waals surface area contributed by atoms with Gasteiger partial charge in [-0.25, -0.2) is 0 Å². The van der Waals surface area contributed by atoms with Gasteiger partial charge in [-0.3, -0.25) is 43.4 Å². The maximum atomic E-state index is 14.8. The number of hydrogen-bond acceptors (Lipinski definition) is 13. The molecule has 2 N–H and O–H groups in total. The summed E-state index contributed by atoms with van der Waals surface area (Å²) in [6.07, 6.45) is 11.6. The van der Waals surface area contributed by atoms with Gasteiger partial charge in [0.25, 0.3) is 0 Å². The quantitative estimate of drug-likeness (QED) is 0.0398. The number of carbonyl (C=O) groups is 7. The maximum Gasteiger partial charge on any atom is 0.320 e. The van der Waals surface area contributed by atoms with Crippen molar-refractivity contribution in [2.24, 2.45) is 29.6 Å². The SMILES string of the molecule is CCCC(=O)NCCCC[C@H](NC(=O)[C@H](CCCCN(CC(=O)OCC(C)C)CC(=O)OCC(C)C)N(CC(=O)OCC(C)C)CC(=O)OCC(C)C)C(=O)C1CCCCCCCC1. The molecule has 64 heavy (non-hydrogen) atoms. The van der Waals surface area contributed by atoms with Crippen LogP contribution in [0.2, 0.25) is 0 Å². The van der Waals surface area contributed by atoms with E-state index in [0.29, 0.717) is 51.6 Å². The van der Waals surface area contributed by atoms with E-state index in [1.165, 1.54) is 4.90 Å². The highest BCUT2D eigenvalue weighted by Gasteiger charge is 2.34. The van der Waals surface area contributed by atoms with E-state index in [2.05, 4.69) is 10.6 Å². The van der Waals surface area contributed by atoms with Crippen molar-refractivity contribution < 1.29 is 52.5 Å². The Morgan fingerprint density at radius 3 is 1.45 bits per heavy atom. The van der Waals surface area contributed by atoms with Crippen molar-refractivity contribution in [3.05, 3.63) is 0 Å². The van der Waals surface area contributed by atoms with Gasteiger partial charge in [-0.2, -0.15) is 0 Å². The Kier molecular flexibility index (Phi) is 31.7. The summed E-state index contributed by atoms with van der Waals surface area (Å²) in [6.45, 7) is 17.9. The highest BCUT2D eigenvalue weighted by molar-refractivity contribution is 5.92. The smallest absolute Gasteiger partial charge is 0.320 e. The summed E-state index contributed by atoms with van der Waals surface area (Å²) < 4.78 is 21.9. The normalized spacial score (nSPS) is 14.8. The largest absolute Gasteiger partial charge is 0.464 e. The van der Waals surface area contributed by atoms with Crippen LogP contribution in [-0.2, 0) is 52.5 Å². The number of unbranched alkanes of at least 4 members (excludes halogenated alkanes) is 2. The highest BCUT2D eigenvalue weighted by Crippen LogP contribution is 2.25. The molecule has 0 heterocycles. The number of ketones is 1. The first-order valence-corrected chi connectivity index (χ1v) is 24.6. The molecule has 0 saturated heterocycles. The van der Waals surface area contributed by atoms with Crippen molar-refractivity contribution in [2.45, 2.75) is 177 Å². The van der Waals surface area contributed by atoms with Crippen molar-refractivity contribution in [1.29, 1.82) is 0 Å². The number of esters is 4. The highest BCUT2D eigenvalue weighted by atomic mass is 16.5. The molecule has 0 radical (unpaired) electrons. The third-order valence-electron chi connectivity index (χ3n) is 10.8. The standard InChI is InChI=1S/C49H88N4O11/c1-10-21-43(54)50-26-19-17-24-41(48(59)40-22-15-13-11-12-14-16-23-40)51-49(60)42(53(30-46(57)63-34-38(6)7)31-47(58)64-35-39(8)9)25-18-20-27-52(28-44(55)61-32-36(2)3)29-45(56)62-33-37(4)5/h36-42H,10-35H2,1-9H3,(H,50,54)(H,51,60)/t41-,42-/m0/s1. The second kappa shape index (κ2) is 34.7. The van der Waals surface area contributed by atoms with Crippen LogP contribution in [0.5, 0.6) is 0 Å². The molecular formula is C49H88N4O11. The number of rotatable bonds is 33. The number of carbonyl (C=O) groups excluding carboxylic acids is 7. The van der Waals surface area contributed by atoms with E-state index in [1.54, 1.807) is 4.90 Å². The summed E-state index contributed by atoms with van der Waals surface area (Å²) in [6, 6.07) is -1.85. The molecule has 0 bridgehead atoms. The van der Waals surface area contributed by atoms with Crippen LogP contribution in [-0.4, -0.2) is 129 Å². The minimum absolute atomic E-state index is 0.00685. The van der Waals surface area contributed by atoms with E-state index in [1.807, 2.05) is 62.3 Å². The molecule has 1 rings (SSSR count). The van der Waals surface area contributed by atoms with Crippen molar-refractivity contribution >= 4 is 41.5 Å². The third kappa shape index (κ3) is 29.0. The number of nitrogens with one attached hydrogen (secondary N) is 2. The zero-order valence-electron chi connectivity index (χ0n) is 41.3. The molecule has 1 aliphatic carbocycles. The molecule has 1 fully saturated rings. The van der Waals surface area contributed by atoms with E-state index in [9.17, 15) is 33.6 Å². The van der Waals surface area contributed by atoms with Gasteiger partial charge in [-0.15, -0.1) is 0 Å². The third-order valence-corrected chi connectivity index (χ3v) is 10.8. The average Bonchev–Trinajstić information content (AvgIpc) is 3.37. The van der Waals surface area contributed by atoms with Crippen LogP contribution >= 0.6 is 0 Å².